The highest BCUT2D eigenvalue weighted by Gasteiger charge is 2.20. The first-order valence-corrected chi connectivity index (χ1v) is 11.2. The molecule has 1 saturated heterocycles. The fourth-order valence-corrected chi connectivity index (χ4v) is 4.35. The third kappa shape index (κ3) is 5.18. The van der Waals surface area contributed by atoms with Crippen LogP contribution in [0.3, 0.4) is 0 Å². The number of hydrogen-bond acceptors (Lipinski definition) is 3. The van der Waals surface area contributed by atoms with Gasteiger partial charge in [0.25, 0.3) is 0 Å². The number of nitrogens with one attached hydrogen (secondary N) is 1. The van der Waals surface area contributed by atoms with Crippen molar-refractivity contribution in [3.8, 4) is 22.5 Å². The normalized spacial score (nSPS) is 15.1. The molecule has 3 aromatic carbocycles. The minimum atomic E-state index is -0.322. The summed E-state index contributed by atoms with van der Waals surface area (Å²) in [7, 11) is 0. The third-order valence-corrected chi connectivity index (χ3v) is 6.05. The van der Waals surface area contributed by atoms with E-state index in [0.29, 0.717) is 29.1 Å². The second kappa shape index (κ2) is 9.65. The van der Waals surface area contributed by atoms with Gasteiger partial charge in [-0.05, 0) is 29.8 Å². The predicted molar refractivity (Wildman–Crippen MR) is 126 cm³/mol. The first kappa shape index (κ1) is 21.5. The van der Waals surface area contributed by atoms with E-state index >= 15 is 0 Å². The van der Waals surface area contributed by atoms with Crippen LogP contribution in [0.1, 0.15) is 11.4 Å². The van der Waals surface area contributed by atoms with Crippen LogP contribution >= 0.6 is 0 Å². The lowest BCUT2D eigenvalue weighted by Crippen LogP contribution is -2.45. The van der Waals surface area contributed by atoms with Gasteiger partial charge in [0.15, 0.2) is 0 Å². The molecule has 6 heteroatoms. The second-order valence-corrected chi connectivity index (χ2v) is 8.47. The number of aromatic amines is 1. The summed E-state index contributed by atoms with van der Waals surface area (Å²) in [5.41, 5.74) is 4.04. The highest BCUT2D eigenvalue weighted by Crippen LogP contribution is 2.31. The van der Waals surface area contributed by atoms with Crippen molar-refractivity contribution in [2.45, 2.75) is 13.1 Å². The Bertz CT molecular complexity index is 1150. The van der Waals surface area contributed by atoms with Crippen LogP contribution in [0.4, 0.5) is 8.78 Å². The van der Waals surface area contributed by atoms with E-state index in [4.69, 9.17) is 4.98 Å². The van der Waals surface area contributed by atoms with Crippen LogP contribution in [0.25, 0.3) is 22.5 Å². The van der Waals surface area contributed by atoms with Gasteiger partial charge in [-0.1, -0.05) is 54.6 Å². The Morgan fingerprint density at radius 3 is 1.97 bits per heavy atom. The van der Waals surface area contributed by atoms with Crippen LogP contribution in [-0.4, -0.2) is 45.9 Å². The van der Waals surface area contributed by atoms with E-state index in [2.05, 4.69) is 39.0 Å². The van der Waals surface area contributed by atoms with Crippen molar-refractivity contribution < 1.29 is 8.78 Å². The molecule has 1 fully saturated rings. The van der Waals surface area contributed by atoms with E-state index in [9.17, 15) is 8.78 Å². The predicted octanol–water partition coefficient (Wildman–Crippen LogP) is 5.34. The van der Waals surface area contributed by atoms with Crippen molar-refractivity contribution in [2.24, 2.45) is 0 Å². The first-order valence-electron chi connectivity index (χ1n) is 11.2. The largest absolute Gasteiger partial charge is 0.340 e. The zero-order valence-electron chi connectivity index (χ0n) is 18.3. The van der Waals surface area contributed by atoms with Crippen LogP contribution in [0.5, 0.6) is 0 Å². The smallest absolute Gasteiger partial charge is 0.123 e. The Labute approximate surface area is 192 Å². The number of hydrogen-bond donors (Lipinski definition) is 1. The van der Waals surface area contributed by atoms with Gasteiger partial charge in [0, 0.05) is 43.9 Å². The van der Waals surface area contributed by atoms with Crippen LogP contribution in [0, 0.1) is 11.6 Å². The number of H-pyrrole nitrogens is 1. The van der Waals surface area contributed by atoms with E-state index in [1.165, 1.54) is 29.8 Å². The molecular weight excluding hydrogens is 418 g/mol. The maximum Gasteiger partial charge on any atom is 0.123 e. The van der Waals surface area contributed by atoms with Gasteiger partial charge in [0.2, 0.25) is 0 Å². The second-order valence-electron chi connectivity index (χ2n) is 8.47. The number of imidazole rings is 1. The Kier molecular flexibility index (Phi) is 6.28. The molecule has 5 rings (SSSR count). The Balaban J connectivity index is 1.33. The summed E-state index contributed by atoms with van der Waals surface area (Å²) in [6.07, 6.45) is 0. The average Bonchev–Trinajstić information content (AvgIpc) is 3.25. The van der Waals surface area contributed by atoms with Crippen molar-refractivity contribution in [1.29, 1.82) is 0 Å². The van der Waals surface area contributed by atoms with Gasteiger partial charge in [0.1, 0.15) is 17.5 Å². The minimum absolute atomic E-state index is 0.316. The van der Waals surface area contributed by atoms with Gasteiger partial charge in [-0.15, -0.1) is 0 Å². The number of halogens is 2. The van der Waals surface area contributed by atoms with E-state index in [0.717, 1.165) is 38.5 Å². The summed E-state index contributed by atoms with van der Waals surface area (Å²) >= 11 is 0. The molecule has 0 unspecified atom stereocenters. The van der Waals surface area contributed by atoms with E-state index < -0.39 is 0 Å². The molecule has 1 aliphatic rings. The van der Waals surface area contributed by atoms with Gasteiger partial charge in [-0.3, -0.25) is 9.80 Å². The average molecular weight is 445 g/mol. The highest BCUT2D eigenvalue weighted by molar-refractivity contribution is 5.78. The Morgan fingerprint density at radius 2 is 1.30 bits per heavy atom. The zero-order valence-corrected chi connectivity index (χ0v) is 18.3. The third-order valence-electron chi connectivity index (χ3n) is 6.05. The van der Waals surface area contributed by atoms with E-state index in [1.807, 2.05) is 18.2 Å². The van der Waals surface area contributed by atoms with Crippen LogP contribution in [0.15, 0.2) is 78.9 Å². The first-order chi connectivity index (χ1) is 16.1. The van der Waals surface area contributed by atoms with E-state index in [-0.39, 0.29) is 11.6 Å². The number of rotatable bonds is 6. The lowest BCUT2D eigenvalue weighted by atomic mass is 10.0. The summed E-state index contributed by atoms with van der Waals surface area (Å²) in [4.78, 5) is 13.0. The molecule has 2 heterocycles. The molecular formula is C27H26F2N4. The molecule has 0 bridgehead atoms. The highest BCUT2D eigenvalue weighted by atomic mass is 19.1. The van der Waals surface area contributed by atoms with Crippen molar-refractivity contribution in [2.75, 3.05) is 26.2 Å². The van der Waals surface area contributed by atoms with Crippen molar-refractivity contribution >= 4 is 0 Å². The van der Waals surface area contributed by atoms with Crippen molar-refractivity contribution in [3.05, 3.63) is 102 Å². The van der Waals surface area contributed by atoms with Gasteiger partial charge >= 0.3 is 0 Å². The molecule has 0 saturated carbocycles. The lowest BCUT2D eigenvalue weighted by molar-refractivity contribution is 0.120. The van der Waals surface area contributed by atoms with E-state index in [1.54, 1.807) is 12.1 Å². The van der Waals surface area contributed by atoms with Gasteiger partial charge in [-0.2, -0.15) is 0 Å². The molecule has 0 amide bonds. The monoisotopic (exact) mass is 444 g/mol. The van der Waals surface area contributed by atoms with Gasteiger partial charge < -0.3 is 4.98 Å². The molecule has 33 heavy (non-hydrogen) atoms. The van der Waals surface area contributed by atoms with Crippen LogP contribution < -0.4 is 0 Å². The van der Waals surface area contributed by atoms with Crippen LogP contribution in [0.2, 0.25) is 0 Å². The number of benzene rings is 3. The summed E-state index contributed by atoms with van der Waals surface area (Å²) in [5, 5.41) is 0. The number of nitrogens with zero attached hydrogens (tertiary/aromatic N) is 3. The quantitative estimate of drug-likeness (QED) is 0.436. The Morgan fingerprint density at radius 1 is 0.697 bits per heavy atom. The zero-order chi connectivity index (χ0) is 22.6. The summed E-state index contributed by atoms with van der Waals surface area (Å²) in [5.74, 6) is 0.158. The van der Waals surface area contributed by atoms with Crippen molar-refractivity contribution in [3.63, 3.8) is 0 Å². The molecule has 1 aliphatic heterocycles. The Hall–Kier alpha value is -3.35. The maximum absolute atomic E-state index is 13.9. The van der Waals surface area contributed by atoms with Crippen molar-refractivity contribution in [1.82, 2.24) is 19.8 Å². The standard InChI is InChI=1S/C27H26F2N4/c28-23-10-4-8-21(16-23)26-27(22-9-5-11-24(29)17-22)31-25(30-26)19-33-14-12-32(13-15-33)18-20-6-2-1-3-7-20/h1-11,16-17H,12-15,18-19H2,(H,30,31). The molecule has 4 nitrogen and oxygen atoms in total. The molecule has 1 aromatic heterocycles. The number of piperazine rings is 1. The summed E-state index contributed by atoms with van der Waals surface area (Å²) in [6, 6.07) is 23.3. The molecule has 0 atom stereocenters. The molecule has 1 N–H and O–H groups in total. The van der Waals surface area contributed by atoms with Gasteiger partial charge in [-0.25, -0.2) is 13.8 Å². The molecule has 4 aromatic rings. The maximum atomic E-state index is 13.9. The SMILES string of the molecule is Fc1cccc(-c2nc(CN3CCN(Cc4ccccc4)CC3)[nH]c2-c2cccc(F)c2)c1. The summed E-state index contributed by atoms with van der Waals surface area (Å²) < 4.78 is 27.8. The number of aromatic nitrogens is 2. The molecule has 168 valence electrons. The van der Waals surface area contributed by atoms with Crippen LogP contribution in [-0.2, 0) is 13.1 Å². The molecule has 0 aliphatic carbocycles. The molecule has 0 spiro atoms. The van der Waals surface area contributed by atoms with Gasteiger partial charge in [0.05, 0.1) is 17.9 Å². The minimum Gasteiger partial charge on any atom is -0.340 e. The fraction of sp³-hybridized carbons (Fsp3) is 0.222. The molecule has 0 radical (unpaired) electrons. The fourth-order valence-electron chi connectivity index (χ4n) is 4.35. The summed E-state index contributed by atoms with van der Waals surface area (Å²) in [6.45, 7) is 5.49. The lowest BCUT2D eigenvalue weighted by Gasteiger charge is -2.34. The topological polar surface area (TPSA) is 35.2 Å².